The van der Waals surface area contributed by atoms with Crippen LogP contribution in [0.15, 0.2) is 22.8 Å². The third-order valence-corrected chi connectivity index (χ3v) is 2.11. The van der Waals surface area contributed by atoms with Gasteiger partial charge in [0.05, 0.1) is 12.3 Å². The molecule has 15 heavy (non-hydrogen) atoms. The number of urea groups is 1. The first-order valence-corrected chi connectivity index (χ1v) is 5.04. The minimum absolute atomic E-state index is 0.190. The van der Waals surface area contributed by atoms with Crippen LogP contribution >= 0.6 is 0 Å². The predicted octanol–water partition coefficient (Wildman–Crippen LogP) is 0.989. The topological polar surface area (TPSA) is 80.3 Å². The second-order valence-electron chi connectivity index (χ2n) is 3.22. The molecule has 0 saturated carbocycles. The Labute approximate surface area is 89.0 Å². The molecular formula is C10H17N3O2. The summed E-state index contributed by atoms with van der Waals surface area (Å²) in [6, 6.07) is 3.49. The number of nitrogens with one attached hydrogen (secondary N) is 2. The Morgan fingerprint density at radius 1 is 1.60 bits per heavy atom. The average molecular weight is 211 g/mol. The molecule has 2 amide bonds. The molecule has 5 heteroatoms. The van der Waals surface area contributed by atoms with Crippen molar-refractivity contribution >= 4 is 6.03 Å². The summed E-state index contributed by atoms with van der Waals surface area (Å²) in [7, 11) is 0. The van der Waals surface area contributed by atoms with E-state index in [1.54, 1.807) is 6.26 Å². The van der Waals surface area contributed by atoms with Crippen LogP contribution in [-0.2, 0) is 0 Å². The van der Waals surface area contributed by atoms with Crippen LogP contribution in [0.5, 0.6) is 0 Å². The number of carbonyl (C=O) groups is 1. The number of nitrogens with two attached hydrogens (primary N) is 1. The third kappa shape index (κ3) is 4.03. The zero-order valence-electron chi connectivity index (χ0n) is 8.82. The summed E-state index contributed by atoms with van der Waals surface area (Å²) in [6.45, 7) is 3.26. The van der Waals surface area contributed by atoms with E-state index in [-0.39, 0.29) is 6.04 Å². The van der Waals surface area contributed by atoms with Gasteiger partial charge in [0.15, 0.2) is 0 Å². The number of hydrogen-bond acceptors (Lipinski definition) is 3. The van der Waals surface area contributed by atoms with Crippen molar-refractivity contribution in [3.05, 3.63) is 24.2 Å². The van der Waals surface area contributed by atoms with E-state index >= 15 is 0 Å². The fourth-order valence-corrected chi connectivity index (χ4v) is 1.37. The summed E-state index contributed by atoms with van der Waals surface area (Å²) < 4.78 is 5.29. The Hall–Kier alpha value is -1.49. The van der Waals surface area contributed by atoms with Crippen LogP contribution in [0.1, 0.15) is 25.1 Å². The van der Waals surface area contributed by atoms with Gasteiger partial charge in [0.1, 0.15) is 5.76 Å². The maximum absolute atomic E-state index is 10.4. The van der Waals surface area contributed by atoms with Crippen LogP contribution in [0.4, 0.5) is 4.79 Å². The Kier molecular flexibility index (Phi) is 4.70. The van der Waals surface area contributed by atoms with Gasteiger partial charge in [-0.3, -0.25) is 0 Å². The van der Waals surface area contributed by atoms with Crippen molar-refractivity contribution in [2.75, 3.05) is 13.1 Å². The fourth-order valence-electron chi connectivity index (χ4n) is 1.37. The van der Waals surface area contributed by atoms with E-state index in [9.17, 15) is 4.79 Å². The van der Waals surface area contributed by atoms with Crippen molar-refractivity contribution < 1.29 is 9.21 Å². The Morgan fingerprint density at radius 3 is 2.93 bits per heavy atom. The first-order valence-electron chi connectivity index (χ1n) is 5.04. The van der Waals surface area contributed by atoms with E-state index in [1.165, 1.54) is 0 Å². The quantitative estimate of drug-likeness (QED) is 0.614. The standard InChI is InChI=1S/C10H17N3O2/c1-2-8(9-4-3-7-15-9)12-5-6-13-10(11)14/h3-4,7-8,12H,2,5-6H2,1H3,(H3,11,13,14). The average Bonchev–Trinajstić information content (AvgIpc) is 2.70. The lowest BCUT2D eigenvalue weighted by Gasteiger charge is -2.14. The molecule has 1 aromatic heterocycles. The molecule has 1 rings (SSSR count). The monoisotopic (exact) mass is 211 g/mol. The molecule has 1 unspecified atom stereocenters. The van der Waals surface area contributed by atoms with E-state index in [0.717, 1.165) is 12.2 Å². The second-order valence-corrected chi connectivity index (χ2v) is 3.22. The Balaban J connectivity index is 2.26. The predicted molar refractivity (Wildman–Crippen MR) is 57.3 cm³/mol. The van der Waals surface area contributed by atoms with Gasteiger partial charge in [-0.15, -0.1) is 0 Å². The number of amides is 2. The highest BCUT2D eigenvalue weighted by Crippen LogP contribution is 2.15. The van der Waals surface area contributed by atoms with Gasteiger partial charge >= 0.3 is 6.03 Å². The molecule has 0 aliphatic heterocycles. The van der Waals surface area contributed by atoms with Crippen LogP contribution in [0.25, 0.3) is 0 Å². The maximum atomic E-state index is 10.4. The molecule has 0 spiro atoms. The molecule has 0 bridgehead atoms. The molecule has 0 aromatic carbocycles. The van der Waals surface area contributed by atoms with Gasteiger partial charge < -0.3 is 20.8 Å². The molecule has 0 aliphatic rings. The zero-order chi connectivity index (χ0) is 11.1. The highest BCUT2D eigenvalue weighted by Gasteiger charge is 2.10. The van der Waals surface area contributed by atoms with Crippen molar-refractivity contribution in [3.8, 4) is 0 Å². The summed E-state index contributed by atoms with van der Waals surface area (Å²) >= 11 is 0. The SMILES string of the molecule is CCC(NCCNC(N)=O)c1ccco1. The largest absolute Gasteiger partial charge is 0.468 e. The highest BCUT2D eigenvalue weighted by molar-refractivity contribution is 5.71. The van der Waals surface area contributed by atoms with Gasteiger partial charge in [0, 0.05) is 13.1 Å². The number of furan rings is 1. The van der Waals surface area contributed by atoms with Gasteiger partial charge in [-0.25, -0.2) is 4.79 Å². The van der Waals surface area contributed by atoms with Gasteiger partial charge in [-0.2, -0.15) is 0 Å². The fraction of sp³-hybridized carbons (Fsp3) is 0.500. The van der Waals surface area contributed by atoms with E-state index in [0.29, 0.717) is 13.1 Å². The number of hydrogen-bond donors (Lipinski definition) is 3. The van der Waals surface area contributed by atoms with Gasteiger partial charge in [-0.05, 0) is 18.6 Å². The van der Waals surface area contributed by atoms with Crippen LogP contribution in [-0.4, -0.2) is 19.1 Å². The summed E-state index contributed by atoms with van der Waals surface area (Å²) in [6.07, 6.45) is 2.59. The molecule has 0 saturated heterocycles. The molecular weight excluding hydrogens is 194 g/mol. The molecule has 4 N–H and O–H groups in total. The van der Waals surface area contributed by atoms with Crippen molar-refractivity contribution in [1.29, 1.82) is 0 Å². The van der Waals surface area contributed by atoms with Crippen molar-refractivity contribution in [1.82, 2.24) is 10.6 Å². The minimum Gasteiger partial charge on any atom is -0.468 e. The summed E-state index contributed by atoms with van der Waals surface area (Å²) in [4.78, 5) is 10.4. The highest BCUT2D eigenvalue weighted by atomic mass is 16.3. The van der Waals surface area contributed by atoms with Crippen molar-refractivity contribution in [2.45, 2.75) is 19.4 Å². The first-order chi connectivity index (χ1) is 7.24. The van der Waals surface area contributed by atoms with E-state index in [2.05, 4.69) is 17.6 Å². The van der Waals surface area contributed by atoms with E-state index in [1.807, 2.05) is 12.1 Å². The lowest BCUT2D eigenvalue weighted by molar-refractivity contribution is 0.248. The molecule has 1 aromatic rings. The lowest BCUT2D eigenvalue weighted by atomic mass is 10.2. The molecule has 0 fully saturated rings. The third-order valence-electron chi connectivity index (χ3n) is 2.11. The van der Waals surface area contributed by atoms with Gasteiger partial charge in [0.25, 0.3) is 0 Å². The molecule has 84 valence electrons. The normalized spacial score (nSPS) is 12.3. The Bertz CT molecular complexity index is 285. The summed E-state index contributed by atoms with van der Waals surface area (Å²) in [5, 5.41) is 5.78. The second kappa shape index (κ2) is 6.08. The number of primary amides is 1. The summed E-state index contributed by atoms with van der Waals surface area (Å²) in [5.74, 6) is 0.913. The smallest absolute Gasteiger partial charge is 0.312 e. The minimum atomic E-state index is -0.497. The van der Waals surface area contributed by atoms with Crippen molar-refractivity contribution in [3.63, 3.8) is 0 Å². The molecule has 1 heterocycles. The number of carbonyl (C=O) groups excluding carboxylic acids is 1. The molecule has 0 aliphatic carbocycles. The van der Waals surface area contributed by atoms with Crippen LogP contribution in [0, 0.1) is 0 Å². The van der Waals surface area contributed by atoms with Gasteiger partial charge in [-0.1, -0.05) is 6.92 Å². The summed E-state index contributed by atoms with van der Waals surface area (Å²) in [5.41, 5.74) is 4.94. The van der Waals surface area contributed by atoms with E-state index < -0.39 is 6.03 Å². The number of rotatable bonds is 6. The first kappa shape index (κ1) is 11.6. The lowest BCUT2D eigenvalue weighted by Crippen LogP contribution is -2.36. The molecule has 5 nitrogen and oxygen atoms in total. The zero-order valence-corrected chi connectivity index (χ0v) is 8.82. The van der Waals surface area contributed by atoms with Gasteiger partial charge in [0.2, 0.25) is 0 Å². The van der Waals surface area contributed by atoms with E-state index in [4.69, 9.17) is 10.2 Å². The Morgan fingerprint density at radius 2 is 2.40 bits per heavy atom. The van der Waals surface area contributed by atoms with Crippen molar-refractivity contribution in [2.24, 2.45) is 5.73 Å². The van der Waals surface area contributed by atoms with Crippen LogP contribution in [0.3, 0.4) is 0 Å². The molecule has 0 radical (unpaired) electrons. The maximum Gasteiger partial charge on any atom is 0.312 e. The van der Waals surface area contributed by atoms with Crippen LogP contribution in [0.2, 0.25) is 0 Å². The van der Waals surface area contributed by atoms with Crippen LogP contribution < -0.4 is 16.4 Å². The molecule has 1 atom stereocenters.